The van der Waals surface area contributed by atoms with E-state index >= 15 is 0 Å². The van der Waals surface area contributed by atoms with Gasteiger partial charge in [-0.3, -0.25) is 18.4 Å². The van der Waals surface area contributed by atoms with Gasteiger partial charge in [-0.1, -0.05) is 31.9 Å². The second kappa shape index (κ2) is 5.85. The van der Waals surface area contributed by atoms with Gasteiger partial charge >= 0.3 is 0 Å². The van der Waals surface area contributed by atoms with Crippen LogP contribution in [0.5, 0.6) is 0 Å². The SMILES string of the molecule is O=c1c2sc3c4c(ccc(c24)c2[nH]c4cc(Br)ccc4n12)c(=O)n1c2ccc(Br)cc2[nH]c31. The van der Waals surface area contributed by atoms with Gasteiger partial charge in [0.05, 0.1) is 26.8 Å². The number of fused-ring (bicyclic) bond motifs is 8. The van der Waals surface area contributed by atoms with Gasteiger partial charge in [0.2, 0.25) is 0 Å². The molecule has 0 spiro atoms. The third-order valence-electron chi connectivity index (χ3n) is 6.52. The molecule has 0 bridgehead atoms. The van der Waals surface area contributed by atoms with E-state index < -0.39 is 0 Å². The second-order valence-corrected chi connectivity index (χ2v) is 11.1. The summed E-state index contributed by atoms with van der Waals surface area (Å²) < 4.78 is 6.90. The van der Waals surface area contributed by atoms with Gasteiger partial charge in [-0.2, -0.15) is 0 Å². The maximum absolute atomic E-state index is 13.8. The molecule has 5 aromatic heterocycles. The molecule has 5 heterocycles. The molecule has 0 fully saturated rings. The molecule has 0 radical (unpaired) electrons. The number of hydrogen-bond acceptors (Lipinski definition) is 3. The number of aromatic nitrogens is 4. The number of hydrogen-bond donors (Lipinski definition) is 2. The summed E-state index contributed by atoms with van der Waals surface area (Å²) in [6, 6.07) is 15.5. The number of H-pyrrole nitrogens is 2. The number of benzene rings is 3. The maximum atomic E-state index is 13.8. The van der Waals surface area contributed by atoms with Crippen LogP contribution in [-0.2, 0) is 0 Å². The molecule has 2 N–H and O–H groups in total. The van der Waals surface area contributed by atoms with Gasteiger partial charge in [-0.25, -0.2) is 0 Å². The normalized spacial score (nSPS) is 12.8. The van der Waals surface area contributed by atoms with E-state index in [9.17, 15) is 9.59 Å². The van der Waals surface area contributed by atoms with E-state index in [-0.39, 0.29) is 11.1 Å². The molecule has 8 aromatic rings. The summed E-state index contributed by atoms with van der Waals surface area (Å²) in [6.45, 7) is 0. The van der Waals surface area contributed by atoms with Gasteiger partial charge in [0.1, 0.15) is 16.0 Å². The van der Waals surface area contributed by atoms with E-state index in [0.717, 1.165) is 63.2 Å². The molecule has 0 saturated heterocycles. The van der Waals surface area contributed by atoms with Crippen LogP contribution >= 0.6 is 43.2 Å². The first-order valence-electron chi connectivity index (χ1n) is 10.2. The highest BCUT2D eigenvalue weighted by Crippen LogP contribution is 2.42. The van der Waals surface area contributed by atoms with E-state index in [2.05, 4.69) is 41.8 Å². The molecule has 0 aliphatic carbocycles. The fourth-order valence-corrected chi connectivity index (χ4v) is 7.15. The Balaban J connectivity index is 1.70. The van der Waals surface area contributed by atoms with Crippen LogP contribution in [0.15, 0.2) is 67.1 Å². The summed E-state index contributed by atoms with van der Waals surface area (Å²) in [5.74, 6) is 0. The van der Waals surface area contributed by atoms with Crippen LogP contribution in [0, 0.1) is 0 Å². The summed E-state index contributed by atoms with van der Waals surface area (Å²) >= 11 is 8.46. The number of aromatic amines is 2. The summed E-state index contributed by atoms with van der Waals surface area (Å²) in [6.07, 6.45) is 0. The lowest BCUT2D eigenvalue weighted by Gasteiger charge is -2.05. The molecule has 33 heavy (non-hydrogen) atoms. The average molecular weight is 578 g/mol. The first kappa shape index (κ1) is 18.3. The Bertz CT molecular complexity index is 2260. The average Bonchev–Trinajstić information content (AvgIpc) is 3.48. The Morgan fingerprint density at radius 3 is 1.94 bits per heavy atom. The predicted molar refractivity (Wildman–Crippen MR) is 142 cm³/mol. The van der Waals surface area contributed by atoms with Crippen molar-refractivity contribution in [1.82, 2.24) is 18.8 Å². The van der Waals surface area contributed by atoms with Gasteiger partial charge in [0, 0.05) is 30.5 Å². The largest absolute Gasteiger partial charge is 0.339 e. The Labute approximate surface area is 203 Å². The summed E-state index contributed by atoms with van der Waals surface area (Å²) in [5, 5.41) is 3.25. The molecular formula is C24H10Br2N4O2S. The number of thiophene rings is 1. The zero-order valence-corrected chi connectivity index (χ0v) is 20.5. The highest BCUT2D eigenvalue weighted by atomic mass is 79.9. The van der Waals surface area contributed by atoms with E-state index in [1.807, 2.05) is 48.5 Å². The van der Waals surface area contributed by atoms with E-state index in [0.29, 0.717) is 10.1 Å². The quantitative estimate of drug-likeness (QED) is 0.206. The van der Waals surface area contributed by atoms with Crippen LogP contribution in [0.4, 0.5) is 0 Å². The third-order valence-corrected chi connectivity index (χ3v) is 8.69. The van der Waals surface area contributed by atoms with Crippen LogP contribution in [0.3, 0.4) is 0 Å². The van der Waals surface area contributed by atoms with Crippen molar-refractivity contribution in [2.75, 3.05) is 0 Å². The molecule has 0 aliphatic rings. The second-order valence-electron chi connectivity index (χ2n) is 8.22. The zero-order chi connectivity index (χ0) is 22.2. The van der Waals surface area contributed by atoms with Crippen molar-refractivity contribution < 1.29 is 0 Å². The topological polar surface area (TPSA) is 74.5 Å². The number of pyridine rings is 2. The Morgan fingerprint density at radius 2 is 1.24 bits per heavy atom. The Kier molecular flexibility index (Phi) is 3.25. The third kappa shape index (κ3) is 2.09. The van der Waals surface area contributed by atoms with Gasteiger partial charge in [0.25, 0.3) is 11.1 Å². The number of nitrogens with zero attached hydrogens (tertiary/aromatic N) is 2. The van der Waals surface area contributed by atoms with Gasteiger partial charge in [0.15, 0.2) is 0 Å². The van der Waals surface area contributed by atoms with E-state index in [1.54, 1.807) is 8.80 Å². The molecule has 3 aromatic carbocycles. The van der Waals surface area contributed by atoms with Crippen molar-refractivity contribution in [3.05, 3.63) is 78.2 Å². The molecule has 8 rings (SSSR count). The maximum Gasteiger partial charge on any atom is 0.274 e. The van der Waals surface area contributed by atoms with E-state index in [1.165, 1.54) is 11.3 Å². The number of imidazole rings is 2. The number of rotatable bonds is 0. The molecular weight excluding hydrogens is 568 g/mol. The molecule has 9 heteroatoms. The molecule has 0 aliphatic heterocycles. The monoisotopic (exact) mass is 576 g/mol. The fraction of sp³-hybridized carbons (Fsp3) is 0. The van der Waals surface area contributed by atoms with E-state index in [4.69, 9.17) is 0 Å². The van der Waals surface area contributed by atoms with Crippen molar-refractivity contribution in [2.24, 2.45) is 0 Å². The number of halogens is 2. The lowest BCUT2D eigenvalue weighted by Crippen LogP contribution is -2.13. The lowest BCUT2D eigenvalue weighted by atomic mass is 10.0. The van der Waals surface area contributed by atoms with Crippen molar-refractivity contribution in [3.8, 4) is 0 Å². The van der Waals surface area contributed by atoms with Crippen molar-refractivity contribution >= 4 is 108 Å². The highest BCUT2D eigenvalue weighted by Gasteiger charge is 2.24. The van der Waals surface area contributed by atoms with Crippen molar-refractivity contribution in [3.63, 3.8) is 0 Å². The van der Waals surface area contributed by atoms with Gasteiger partial charge < -0.3 is 9.97 Å². The van der Waals surface area contributed by atoms with Crippen LogP contribution in [0.1, 0.15) is 0 Å². The standard InChI is InChI=1S/C24H10Br2N4O2S/c25-9-1-5-15-13(7-9)27-21-11-3-4-12-18-17(11)20(24(32)29(15)21)33-19(18)22-28-14-8-10(26)2-6-16(14)30(22)23(12)31/h1-8,27-28H. The molecule has 0 atom stereocenters. The van der Waals surface area contributed by atoms with Crippen molar-refractivity contribution in [1.29, 1.82) is 0 Å². The molecule has 0 amide bonds. The minimum absolute atomic E-state index is 0.0794. The van der Waals surface area contributed by atoms with Gasteiger partial charge in [-0.05, 0) is 48.5 Å². The van der Waals surface area contributed by atoms with Crippen LogP contribution in [0.25, 0.3) is 64.3 Å². The Hall–Kier alpha value is -3.14. The van der Waals surface area contributed by atoms with Crippen LogP contribution in [-0.4, -0.2) is 18.8 Å². The molecule has 0 unspecified atom stereocenters. The summed E-state index contributed by atoms with van der Waals surface area (Å²) in [7, 11) is 0. The van der Waals surface area contributed by atoms with Crippen molar-refractivity contribution in [2.45, 2.75) is 0 Å². The minimum atomic E-state index is -0.0894. The molecule has 0 saturated carbocycles. The van der Waals surface area contributed by atoms with Gasteiger partial charge in [-0.15, -0.1) is 11.3 Å². The smallest absolute Gasteiger partial charge is 0.274 e. The summed E-state index contributed by atoms with van der Waals surface area (Å²) in [4.78, 5) is 34.2. The van der Waals surface area contributed by atoms with Crippen LogP contribution < -0.4 is 11.1 Å². The number of nitrogens with one attached hydrogen (secondary N) is 2. The predicted octanol–water partition coefficient (Wildman–Crippen LogP) is 6.36. The molecule has 6 nitrogen and oxygen atoms in total. The first-order chi connectivity index (χ1) is 16.0. The fourth-order valence-electron chi connectivity index (χ4n) is 5.18. The molecule has 158 valence electrons. The zero-order valence-electron chi connectivity index (χ0n) is 16.5. The lowest BCUT2D eigenvalue weighted by molar-refractivity contribution is 1.19. The van der Waals surface area contributed by atoms with Crippen LogP contribution in [0.2, 0.25) is 0 Å². The highest BCUT2D eigenvalue weighted by molar-refractivity contribution is 9.10. The first-order valence-corrected chi connectivity index (χ1v) is 12.6. The Morgan fingerprint density at radius 1 is 0.667 bits per heavy atom. The summed E-state index contributed by atoms with van der Waals surface area (Å²) in [5.41, 5.74) is 4.67. The minimum Gasteiger partial charge on any atom is -0.339 e.